The molecule has 0 fully saturated rings. The molecule has 2 aromatic rings. The fourth-order valence-electron chi connectivity index (χ4n) is 1.41. The molecular formula is C10H12N2O2. The van der Waals surface area contributed by atoms with E-state index in [1.165, 1.54) is 0 Å². The van der Waals surface area contributed by atoms with E-state index >= 15 is 0 Å². The minimum absolute atomic E-state index is 0.636. The van der Waals surface area contributed by atoms with Crippen molar-refractivity contribution < 1.29 is 9.52 Å². The molecule has 0 bridgehead atoms. The van der Waals surface area contributed by atoms with E-state index in [-0.39, 0.29) is 0 Å². The Morgan fingerprint density at radius 1 is 1.57 bits per heavy atom. The number of hydrogen-bond acceptors (Lipinski definition) is 3. The van der Waals surface area contributed by atoms with Crippen molar-refractivity contribution in [3.63, 3.8) is 0 Å². The van der Waals surface area contributed by atoms with E-state index in [0.29, 0.717) is 5.69 Å². The van der Waals surface area contributed by atoms with Crippen LogP contribution < -0.4 is 0 Å². The second-order valence-corrected chi connectivity index (χ2v) is 3.30. The van der Waals surface area contributed by atoms with Crippen molar-refractivity contribution in [1.29, 1.82) is 0 Å². The molecule has 4 nitrogen and oxygen atoms in total. The number of furan rings is 1. The fraction of sp³-hybridized carbons (Fsp3) is 0.300. The molecule has 0 saturated heterocycles. The number of imidazole rings is 1. The van der Waals surface area contributed by atoms with E-state index in [2.05, 4.69) is 4.98 Å². The van der Waals surface area contributed by atoms with Gasteiger partial charge in [-0.15, -0.1) is 0 Å². The van der Waals surface area contributed by atoms with E-state index in [1.807, 2.05) is 14.0 Å². The summed E-state index contributed by atoms with van der Waals surface area (Å²) in [6.07, 6.45) is 4.32. The van der Waals surface area contributed by atoms with Crippen LogP contribution in [0.25, 0.3) is 0 Å². The minimum atomic E-state index is -0.699. The molecule has 0 saturated carbocycles. The zero-order valence-electron chi connectivity index (χ0n) is 8.14. The van der Waals surface area contributed by atoms with Crippen LogP contribution in [-0.2, 0) is 7.05 Å². The molecule has 0 spiro atoms. The third kappa shape index (κ3) is 1.44. The van der Waals surface area contributed by atoms with Crippen LogP contribution in [0.1, 0.15) is 23.1 Å². The number of hydrogen-bond donors (Lipinski definition) is 1. The smallest absolute Gasteiger partial charge is 0.126 e. The molecule has 2 rings (SSSR count). The average Bonchev–Trinajstić information content (AvgIpc) is 2.73. The van der Waals surface area contributed by atoms with Crippen LogP contribution in [0, 0.1) is 6.92 Å². The summed E-state index contributed by atoms with van der Waals surface area (Å²) in [7, 11) is 1.87. The number of aromatic nitrogens is 2. The van der Waals surface area contributed by atoms with Gasteiger partial charge in [0.05, 0.1) is 18.3 Å². The second kappa shape index (κ2) is 3.31. The van der Waals surface area contributed by atoms with Crippen LogP contribution in [0.3, 0.4) is 0 Å². The lowest BCUT2D eigenvalue weighted by molar-refractivity contribution is 0.213. The van der Waals surface area contributed by atoms with Gasteiger partial charge >= 0.3 is 0 Å². The highest BCUT2D eigenvalue weighted by molar-refractivity contribution is 5.25. The Morgan fingerprint density at radius 3 is 2.86 bits per heavy atom. The lowest BCUT2D eigenvalue weighted by Crippen LogP contribution is -2.00. The van der Waals surface area contributed by atoms with Crippen molar-refractivity contribution in [2.75, 3.05) is 0 Å². The highest BCUT2D eigenvalue weighted by Gasteiger charge is 2.16. The van der Waals surface area contributed by atoms with Gasteiger partial charge in [0.2, 0.25) is 0 Å². The molecule has 74 valence electrons. The van der Waals surface area contributed by atoms with Gasteiger partial charge in [0.25, 0.3) is 0 Å². The molecule has 1 N–H and O–H groups in total. The Morgan fingerprint density at radius 2 is 2.36 bits per heavy atom. The summed E-state index contributed by atoms with van der Waals surface area (Å²) < 4.78 is 6.92. The standard InChI is InChI=1S/C10H12N2O2/c1-7-8(3-4-14-7)10(13)9-5-12(2)6-11-9/h3-6,10,13H,1-2H3. The average molecular weight is 192 g/mol. The molecule has 0 aromatic carbocycles. The summed E-state index contributed by atoms with van der Waals surface area (Å²) in [5, 5.41) is 9.94. The lowest BCUT2D eigenvalue weighted by Gasteiger charge is -2.05. The summed E-state index contributed by atoms with van der Waals surface area (Å²) in [4.78, 5) is 4.08. The quantitative estimate of drug-likeness (QED) is 0.782. The monoisotopic (exact) mass is 192 g/mol. The van der Waals surface area contributed by atoms with Crippen LogP contribution in [0.15, 0.2) is 29.3 Å². The second-order valence-electron chi connectivity index (χ2n) is 3.30. The van der Waals surface area contributed by atoms with E-state index in [1.54, 1.807) is 29.4 Å². The SMILES string of the molecule is Cc1occc1C(O)c1cn(C)cn1. The van der Waals surface area contributed by atoms with Crippen LogP contribution in [0.5, 0.6) is 0 Å². The third-order valence-electron chi connectivity index (χ3n) is 2.20. The largest absolute Gasteiger partial charge is 0.469 e. The van der Waals surface area contributed by atoms with Gasteiger partial charge in [-0.1, -0.05) is 0 Å². The Labute approximate surface area is 81.8 Å². The van der Waals surface area contributed by atoms with Gasteiger partial charge in [-0.25, -0.2) is 4.98 Å². The molecule has 2 aromatic heterocycles. The fourth-order valence-corrected chi connectivity index (χ4v) is 1.41. The van der Waals surface area contributed by atoms with Gasteiger partial charge in [-0.2, -0.15) is 0 Å². The van der Waals surface area contributed by atoms with Crippen LogP contribution in [0.2, 0.25) is 0 Å². The number of aryl methyl sites for hydroxylation is 2. The summed E-state index contributed by atoms with van der Waals surface area (Å²) in [5.74, 6) is 0.725. The van der Waals surface area contributed by atoms with Gasteiger partial charge < -0.3 is 14.1 Å². The Kier molecular flexibility index (Phi) is 2.13. The summed E-state index contributed by atoms with van der Waals surface area (Å²) in [5.41, 5.74) is 1.40. The van der Waals surface area contributed by atoms with E-state index in [4.69, 9.17) is 4.42 Å². The Hall–Kier alpha value is -1.55. The maximum atomic E-state index is 9.94. The van der Waals surface area contributed by atoms with E-state index < -0.39 is 6.10 Å². The first-order chi connectivity index (χ1) is 6.68. The first kappa shape index (κ1) is 9.02. The van der Waals surface area contributed by atoms with Gasteiger partial charge in [0.1, 0.15) is 11.9 Å². The number of aliphatic hydroxyl groups is 1. The molecule has 0 amide bonds. The van der Waals surface area contributed by atoms with Gasteiger partial charge in [-0.3, -0.25) is 0 Å². The van der Waals surface area contributed by atoms with E-state index in [0.717, 1.165) is 11.3 Å². The van der Waals surface area contributed by atoms with Gasteiger partial charge in [0, 0.05) is 18.8 Å². The zero-order chi connectivity index (χ0) is 10.1. The van der Waals surface area contributed by atoms with E-state index in [9.17, 15) is 5.11 Å². The van der Waals surface area contributed by atoms with Crippen LogP contribution in [-0.4, -0.2) is 14.7 Å². The highest BCUT2D eigenvalue weighted by atomic mass is 16.3. The number of rotatable bonds is 2. The predicted molar refractivity (Wildman–Crippen MR) is 50.7 cm³/mol. The van der Waals surface area contributed by atoms with Crippen molar-refractivity contribution in [1.82, 2.24) is 9.55 Å². The zero-order valence-corrected chi connectivity index (χ0v) is 8.14. The summed E-state index contributed by atoms with van der Waals surface area (Å²) >= 11 is 0. The third-order valence-corrected chi connectivity index (χ3v) is 2.20. The molecule has 0 aliphatic rings. The predicted octanol–water partition coefficient (Wildman–Crippen LogP) is 1.40. The summed E-state index contributed by atoms with van der Waals surface area (Å²) in [6, 6.07) is 1.76. The maximum Gasteiger partial charge on any atom is 0.126 e. The maximum absolute atomic E-state index is 9.94. The Bertz CT molecular complexity index is 431. The molecule has 4 heteroatoms. The minimum Gasteiger partial charge on any atom is -0.469 e. The molecule has 0 radical (unpaired) electrons. The topological polar surface area (TPSA) is 51.2 Å². The molecule has 2 heterocycles. The number of nitrogens with zero attached hydrogens (tertiary/aromatic N) is 2. The highest BCUT2D eigenvalue weighted by Crippen LogP contribution is 2.23. The molecular weight excluding hydrogens is 180 g/mol. The molecule has 0 aliphatic carbocycles. The van der Waals surface area contributed by atoms with Crippen LogP contribution >= 0.6 is 0 Å². The van der Waals surface area contributed by atoms with Crippen molar-refractivity contribution in [3.05, 3.63) is 41.9 Å². The van der Waals surface area contributed by atoms with Gasteiger partial charge in [0.15, 0.2) is 0 Å². The first-order valence-corrected chi connectivity index (χ1v) is 4.38. The van der Waals surface area contributed by atoms with Crippen molar-refractivity contribution in [2.24, 2.45) is 7.05 Å². The van der Waals surface area contributed by atoms with Crippen molar-refractivity contribution in [3.8, 4) is 0 Å². The molecule has 1 atom stereocenters. The number of aliphatic hydroxyl groups excluding tert-OH is 1. The molecule has 14 heavy (non-hydrogen) atoms. The summed E-state index contributed by atoms with van der Waals surface area (Å²) in [6.45, 7) is 1.82. The first-order valence-electron chi connectivity index (χ1n) is 4.38. The lowest BCUT2D eigenvalue weighted by atomic mass is 10.1. The molecule has 1 unspecified atom stereocenters. The normalized spacial score (nSPS) is 13.1. The van der Waals surface area contributed by atoms with Crippen LogP contribution in [0.4, 0.5) is 0 Å². The Balaban J connectivity index is 2.33. The van der Waals surface area contributed by atoms with Gasteiger partial charge in [-0.05, 0) is 13.0 Å². The van der Waals surface area contributed by atoms with Crippen molar-refractivity contribution in [2.45, 2.75) is 13.0 Å². The molecule has 0 aliphatic heterocycles. The van der Waals surface area contributed by atoms with Crippen molar-refractivity contribution >= 4 is 0 Å².